The number of carbonyl (C=O) groups excluding carboxylic acids is 2. The van der Waals surface area contributed by atoms with Crippen LogP contribution in [-0.4, -0.2) is 43.2 Å². The van der Waals surface area contributed by atoms with E-state index in [2.05, 4.69) is 35.9 Å². The number of amides is 1. The molecular weight excluding hydrogens is 286 g/mol. The van der Waals surface area contributed by atoms with Crippen LogP contribution in [0.3, 0.4) is 0 Å². The number of thioether (sulfide) groups is 1. The molecule has 1 atom stereocenters. The first-order valence-corrected chi connectivity index (χ1v) is 7.94. The van der Waals surface area contributed by atoms with Crippen LogP contribution in [0.4, 0.5) is 0 Å². The van der Waals surface area contributed by atoms with Gasteiger partial charge < -0.3 is 9.64 Å². The molecule has 0 saturated carbocycles. The van der Waals surface area contributed by atoms with E-state index in [1.165, 1.54) is 17.6 Å². The molecule has 0 fully saturated rings. The van der Waals surface area contributed by atoms with Crippen LogP contribution in [0.5, 0.6) is 0 Å². The van der Waals surface area contributed by atoms with Gasteiger partial charge in [-0.15, -0.1) is 11.8 Å². The number of nitrogens with zero attached hydrogens (tertiary/aromatic N) is 1. The molecule has 5 heteroatoms. The molecule has 0 bridgehead atoms. The minimum atomic E-state index is -0.297. The number of hydrogen-bond donors (Lipinski definition) is 0. The lowest BCUT2D eigenvalue weighted by Crippen LogP contribution is -2.34. The highest BCUT2D eigenvalue weighted by Crippen LogP contribution is 2.19. The quantitative estimate of drug-likeness (QED) is 0.574. The lowest BCUT2D eigenvalue weighted by molar-refractivity contribution is -0.146. The lowest BCUT2D eigenvalue weighted by Gasteiger charge is -2.20. The fraction of sp³-hybridized carbons (Fsp3) is 0.500. The van der Waals surface area contributed by atoms with Crippen LogP contribution < -0.4 is 0 Å². The Morgan fingerprint density at radius 1 is 1.29 bits per heavy atom. The number of carbonyl (C=O) groups is 2. The summed E-state index contributed by atoms with van der Waals surface area (Å²) in [6.07, 6.45) is 0.461. The first-order valence-electron chi connectivity index (χ1n) is 6.95. The molecule has 1 aromatic carbocycles. The highest BCUT2D eigenvalue weighted by molar-refractivity contribution is 7.99. The van der Waals surface area contributed by atoms with Gasteiger partial charge in [0.05, 0.1) is 13.0 Å². The Bertz CT molecular complexity index is 473. The van der Waals surface area contributed by atoms with Gasteiger partial charge in [-0.25, -0.2) is 0 Å². The van der Waals surface area contributed by atoms with Gasteiger partial charge in [0.15, 0.2) is 0 Å². The number of benzene rings is 1. The topological polar surface area (TPSA) is 46.6 Å². The van der Waals surface area contributed by atoms with Gasteiger partial charge in [0.25, 0.3) is 0 Å². The van der Waals surface area contributed by atoms with Crippen molar-refractivity contribution in [2.24, 2.45) is 5.92 Å². The van der Waals surface area contributed by atoms with Crippen molar-refractivity contribution in [2.75, 3.05) is 26.5 Å². The predicted molar refractivity (Wildman–Crippen MR) is 85.3 cm³/mol. The Morgan fingerprint density at radius 3 is 2.48 bits per heavy atom. The van der Waals surface area contributed by atoms with Crippen LogP contribution in [0.1, 0.15) is 18.9 Å². The average molecular weight is 309 g/mol. The number of methoxy groups -OCH3 is 1. The lowest BCUT2D eigenvalue weighted by atomic mass is 10.1. The molecule has 4 nitrogen and oxygen atoms in total. The van der Waals surface area contributed by atoms with Gasteiger partial charge in [0.1, 0.15) is 0 Å². The van der Waals surface area contributed by atoms with E-state index < -0.39 is 0 Å². The Hall–Kier alpha value is -1.49. The summed E-state index contributed by atoms with van der Waals surface area (Å²) < 4.78 is 4.66. The molecule has 1 aromatic rings. The SMILES string of the molecule is COC(=O)C(C)CN(C)C(=O)CCSc1ccc(C)cc1. The van der Waals surface area contributed by atoms with Crippen molar-refractivity contribution in [2.45, 2.75) is 25.2 Å². The van der Waals surface area contributed by atoms with Crippen molar-refractivity contribution in [1.29, 1.82) is 0 Å². The molecule has 1 rings (SSSR count). The van der Waals surface area contributed by atoms with Gasteiger partial charge in [-0.05, 0) is 19.1 Å². The third-order valence-electron chi connectivity index (χ3n) is 3.18. The second-order valence-electron chi connectivity index (χ2n) is 5.11. The molecule has 0 aliphatic rings. The zero-order valence-electron chi connectivity index (χ0n) is 13.1. The second-order valence-corrected chi connectivity index (χ2v) is 6.28. The molecular formula is C16H23NO3S. The van der Waals surface area contributed by atoms with E-state index in [1.54, 1.807) is 30.6 Å². The maximum atomic E-state index is 12.0. The minimum Gasteiger partial charge on any atom is -0.469 e. The van der Waals surface area contributed by atoms with Crippen molar-refractivity contribution < 1.29 is 14.3 Å². The van der Waals surface area contributed by atoms with E-state index in [9.17, 15) is 9.59 Å². The summed E-state index contributed by atoms with van der Waals surface area (Å²) in [6.45, 7) is 4.20. The summed E-state index contributed by atoms with van der Waals surface area (Å²) in [5, 5.41) is 0. The maximum Gasteiger partial charge on any atom is 0.310 e. The summed E-state index contributed by atoms with van der Waals surface area (Å²) in [7, 11) is 3.08. The second kappa shape index (κ2) is 8.72. The number of aryl methyl sites for hydroxylation is 1. The number of hydrogen-bond acceptors (Lipinski definition) is 4. The van der Waals surface area contributed by atoms with E-state index in [0.717, 1.165) is 5.75 Å². The monoisotopic (exact) mass is 309 g/mol. The predicted octanol–water partition coefficient (Wildman–Crippen LogP) is 2.74. The largest absolute Gasteiger partial charge is 0.469 e. The molecule has 0 radical (unpaired) electrons. The molecule has 0 N–H and O–H groups in total. The zero-order chi connectivity index (χ0) is 15.8. The molecule has 0 aromatic heterocycles. The van der Waals surface area contributed by atoms with E-state index in [-0.39, 0.29) is 17.8 Å². The molecule has 0 saturated heterocycles. The van der Waals surface area contributed by atoms with E-state index in [0.29, 0.717) is 13.0 Å². The zero-order valence-corrected chi connectivity index (χ0v) is 13.9. The van der Waals surface area contributed by atoms with Crippen molar-refractivity contribution in [3.8, 4) is 0 Å². The van der Waals surface area contributed by atoms with Crippen LogP contribution in [0.15, 0.2) is 29.2 Å². The van der Waals surface area contributed by atoms with Crippen LogP contribution >= 0.6 is 11.8 Å². The van der Waals surface area contributed by atoms with Crippen LogP contribution in [0.2, 0.25) is 0 Å². The highest BCUT2D eigenvalue weighted by atomic mass is 32.2. The Balaban J connectivity index is 2.32. The molecule has 1 unspecified atom stereocenters. The summed E-state index contributed by atoms with van der Waals surface area (Å²) in [6, 6.07) is 8.25. The van der Waals surface area contributed by atoms with Crippen LogP contribution in [0.25, 0.3) is 0 Å². The number of ether oxygens (including phenoxy) is 1. The smallest absolute Gasteiger partial charge is 0.310 e. The normalized spacial score (nSPS) is 11.8. The Labute approximate surface area is 130 Å². The molecule has 0 spiro atoms. The minimum absolute atomic E-state index is 0.0466. The third-order valence-corrected chi connectivity index (χ3v) is 4.20. The van der Waals surface area contributed by atoms with Gasteiger partial charge >= 0.3 is 5.97 Å². The Kier molecular flexibility index (Phi) is 7.29. The van der Waals surface area contributed by atoms with Crippen molar-refractivity contribution >= 4 is 23.6 Å². The van der Waals surface area contributed by atoms with Gasteiger partial charge in [-0.1, -0.05) is 24.6 Å². The average Bonchev–Trinajstić information content (AvgIpc) is 2.48. The van der Waals surface area contributed by atoms with Gasteiger partial charge in [0.2, 0.25) is 5.91 Å². The first-order chi connectivity index (χ1) is 9.93. The highest BCUT2D eigenvalue weighted by Gasteiger charge is 2.18. The van der Waals surface area contributed by atoms with Crippen LogP contribution in [0, 0.1) is 12.8 Å². The van der Waals surface area contributed by atoms with Gasteiger partial charge in [-0.2, -0.15) is 0 Å². The van der Waals surface area contributed by atoms with E-state index >= 15 is 0 Å². The molecule has 0 heterocycles. The molecule has 21 heavy (non-hydrogen) atoms. The summed E-state index contributed by atoms with van der Waals surface area (Å²) in [4.78, 5) is 26.1. The fourth-order valence-corrected chi connectivity index (χ4v) is 2.71. The van der Waals surface area contributed by atoms with Crippen molar-refractivity contribution in [3.63, 3.8) is 0 Å². The molecule has 1 amide bonds. The van der Waals surface area contributed by atoms with Gasteiger partial charge in [-0.3, -0.25) is 9.59 Å². The van der Waals surface area contributed by atoms with Crippen molar-refractivity contribution in [1.82, 2.24) is 4.90 Å². The third kappa shape index (κ3) is 6.21. The van der Waals surface area contributed by atoms with Crippen LogP contribution in [-0.2, 0) is 14.3 Å². The maximum absolute atomic E-state index is 12.0. The van der Waals surface area contributed by atoms with Gasteiger partial charge in [0, 0.05) is 30.7 Å². The first kappa shape index (κ1) is 17.6. The summed E-state index contributed by atoms with van der Waals surface area (Å²) in [5.41, 5.74) is 1.23. The molecule has 0 aliphatic carbocycles. The molecule has 116 valence electrons. The van der Waals surface area contributed by atoms with E-state index in [4.69, 9.17) is 0 Å². The fourth-order valence-electron chi connectivity index (χ4n) is 1.87. The standard InChI is InChI=1S/C16H23NO3S/c1-12-5-7-14(8-6-12)21-10-9-15(18)17(3)11-13(2)16(19)20-4/h5-8,13H,9-11H2,1-4H3. The summed E-state index contributed by atoms with van der Waals surface area (Å²) >= 11 is 1.67. The van der Waals surface area contributed by atoms with E-state index in [1.807, 2.05) is 0 Å². The van der Waals surface area contributed by atoms with Crippen molar-refractivity contribution in [3.05, 3.63) is 29.8 Å². The summed E-state index contributed by atoms with van der Waals surface area (Å²) in [5.74, 6) is 0.196. The molecule has 0 aliphatic heterocycles. The number of rotatable bonds is 7. The number of esters is 1. The Morgan fingerprint density at radius 2 is 1.90 bits per heavy atom.